The zero-order valence-electron chi connectivity index (χ0n) is 13.1. The molecule has 9 heteroatoms. The number of amides is 1. The Balaban J connectivity index is 1.86. The fourth-order valence-corrected chi connectivity index (χ4v) is 6.24. The van der Waals surface area contributed by atoms with Crippen LogP contribution in [0.4, 0.5) is 5.69 Å². The van der Waals surface area contributed by atoms with Crippen molar-refractivity contribution in [2.75, 3.05) is 11.9 Å². The van der Waals surface area contributed by atoms with Gasteiger partial charge in [0.05, 0.1) is 15.0 Å². The van der Waals surface area contributed by atoms with Gasteiger partial charge in [0.15, 0.2) is 0 Å². The molecule has 2 heterocycles. The molecule has 2 aromatic rings. The number of para-hydroxylation sites is 1. The number of piperidine rings is 1. The third kappa shape index (κ3) is 4.01. The summed E-state index contributed by atoms with van der Waals surface area (Å²) < 4.78 is 27.6. The van der Waals surface area contributed by atoms with Crippen LogP contribution < -0.4 is 5.32 Å². The maximum absolute atomic E-state index is 12.9. The Kier molecular flexibility index (Phi) is 5.70. The lowest BCUT2D eigenvalue weighted by atomic mass is 10.0. The highest BCUT2D eigenvalue weighted by atomic mass is 35.5. The van der Waals surface area contributed by atoms with Crippen molar-refractivity contribution in [1.29, 1.82) is 0 Å². The molecule has 5 nitrogen and oxygen atoms in total. The van der Waals surface area contributed by atoms with Crippen LogP contribution in [-0.4, -0.2) is 31.2 Å². The molecule has 1 aliphatic heterocycles. The number of thiophene rings is 1. The van der Waals surface area contributed by atoms with Gasteiger partial charge in [0.25, 0.3) is 10.0 Å². The molecule has 1 aromatic carbocycles. The lowest BCUT2D eigenvalue weighted by Gasteiger charge is -2.33. The van der Waals surface area contributed by atoms with E-state index in [1.54, 1.807) is 30.3 Å². The zero-order valence-corrected chi connectivity index (χ0v) is 16.3. The first-order valence-corrected chi connectivity index (χ1v) is 10.7. The lowest BCUT2D eigenvalue weighted by Crippen LogP contribution is -2.49. The molecule has 0 aliphatic carbocycles. The summed E-state index contributed by atoms with van der Waals surface area (Å²) in [6, 6.07) is 9.11. The van der Waals surface area contributed by atoms with Crippen molar-refractivity contribution >= 4 is 56.2 Å². The van der Waals surface area contributed by atoms with Gasteiger partial charge in [-0.3, -0.25) is 4.79 Å². The summed E-state index contributed by atoms with van der Waals surface area (Å²) in [5, 5.41) is 3.15. The van der Waals surface area contributed by atoms with Crippen LogP contribution in [0.3, 0.4) is 0 Å². The van der Waals surface area contributed by atoms with Crippen molar-refractivity contribution in [3.05, 3.63) is 45.8 Å². The molecule has 25 heavy (non-hydrogen) atoms. The highest BCUT2D eigenvalue weighted by Crippen LogP contribution is 2.32. The molecule has 0 unspecified atom stereocenters. The Morgan fingerprint density at radius 3 is 2.60 bits per heavy atom. The summed E-state index contributed by atoms with van der Waals surface area (Å²) in [5.41, 5.74) is 0.469. The SMILES string of the molecule is O=C(Nc1ccccc1Cl)[C@H]1CCCCN1S(=O)(=O)c1ccc(Cl)s1. The van der Waals surface area contributed by atoms with E-state index in [4.69, 9.17) is 23.2 Å². The van der Waals surface area contributed by atoms with Crippen LogP contribution in [0.25, 0.3) is 0 Å². The first-order chi connectivity index (χ1) is 11.9. The van der Waals surface area contributed by atoms with E-state index in [1.165, 1.54) is 10.4 Å². The van der Waals surface area contributed by atoms with E-state index in [1.807, 2.05) is 0 Å². The molecule has 3 rings (SSSR count). The molecule has 0 saturated carbocycles. The van der Waals surface area contributed by atoms with Crippen LogP contribution in [0, 0.1) is 0 Å². The van der Waals surface area contributed by atoms with Crippen molar-refractivity contribution in [1.82, 2.24) is 4.31 Å². The van der Waals surface area contributed by atoms with Gasteiger partial charge in [-0.2, -0.15) is 4.31 Å². The molecule has 0 spiro atoms. The maximum atomic E-state index is 12.9. The van der Waals surface area contributed by atoms with E-state index >= 15 is 0 Å². The molecule has 1 aromatic heterocycles. The Labute approximate surface area is 160 Å². The molecule has 1 amide bonds. The van der Waals surface area contributed by atoms with Gasteiger partial charge in [-0.05, 0) is 37.1 Å². The number of carbonyl (C=O) groups is 1. The third-order valence-corrected chi connectivity index (χ3v) is 7.94. The average Bonchev–Trinajstić information content (AvgIpc) is 3.04. The predicted molar refractivity (Wildman–Crippen MR) is 101 cm³/mol. The third-order valence-electron chi connectivity index (χ3n) is 4.00. The van der Waals surface area contributed by atoms with Crippen LogP contribution in [0.2, 0.25) is 9.36 Å². The van der Waals surface area contributed by atoms with E-state index in [2.05, 4.69) is 5.32 Å². The number of sulfonamides is 1. The number of hydrogen-bond acceptors (Lipinski definition) is 4. The number of halogens is 2. The summed E-state index contributed by atoms with van der Waals surface area (Å²) in [4.78, 5) is 12.7. The minimum absolute atomic E-state index is 0.148. The number of nitrogens with zero attached hydrogens (tertiary/aromatic N) is 1. The summed E-state index contributed by atoms with van der Waals surface area (Å²) in [5.74, 6) is -0.376. The molecule has 1 fully saturated rings. The Morgan fingerprint density at radius 2 is 1.92 bits per heavy atom. The minimum Gasteiger partial charge on any atom is -0.323 e. The molecule has 0 radical (unpaired) electrons. The maximum Gasteiger partial charge on any atom is 0.253 e. The van der Waals surface area contributed by atoms with E-state index in [0.717, 1.165) is 17.8 Å². The normalized spacial score (nSPS) is 18.9. The zero-order chi connectivity index (χ0) is 18.0. The second-order valence-electron chi connectivity index (χ2n) is 5.65. The summed E-state index contributed by atoms with van der Waals surface area (Å²) in [6.07, 6.45) is 1.97. The van der Waals surface area contributed by atoms with Gasteiger partial charge in [-0.15, -0.1) is 11.3 Å². The number of anilines is 1. The highest BCUT2D eigenvalue weighted by Gasteiger charge is 2.38. The van der Waals surface area contributed by atoms with Crippen molar-refractivity contribution in [3.63, 3.8) is 0 Å². The topological polar surface area (TPSA) is 66.5 Å². The van der Waals surface area contributed by atoms with Crippen molar-refractivity contribution < 1.29 is 13.2 Å². The summed E-state index contributed by atoms with van der Waals surface area (Å²) >= 11 is 12.9. The second kappa shape index (κ2) is 7.63. The standard InChI is InChI=1S/C16H16Cl2N2O3S2/c17-11-5-1-2-6-12(11)19-16(21)13-7-3-4-10-20(13)25(22,23)15-9-8-14(18)24-15/h1-2,5-6,8-9,13H,3-4,7,10H2,(H,19,21)/t13-/m1/s1. The fourth-order valence-electron chi connectivity index (χ4n) is 2.79. The van der Waals surface area contributed by atoms with Crippen molar-refractivity contribution in [2.45, 2.75) is 29.5 Å². The van der Waals surface area contributed by atoms with Gasteiger partial charge in [0, 0.05) is 6.54 Å². The number of benzene rings is 1. The molecule has 1 saturated heterocycles. The second-order valence-corrected chi connectivity index (χ2v) is 9.89. The summed E-state index contributed by atoms with van der Waals surface area (Å²) in [6.45, 7) is 0.304. The Bertz CT molecular complexity index is 883. The van der Waals surface area contributed by atoms with Gasteiger partial charge in [0.2, 0.25) is 5.91 Å². The lowest BCUT2D eigenvalue weighted by molar-refractivity contribution is -0.120. The molecular formula is C16H16Cl2N2O3S2. The van der Waals surface area contributed by atoms with Gasteiger partial charge < -0.3 is 5.32 Å². The number of hydrogen-bond donors (Lipinski definition) is 1. The molecule has 1 N–H and O–H groups in total. The number of carbonyl (C=O) groups excluding carboxylic acids is 1. The molecule has 1 atom stereocenters. The van der Waals surface area contributed by atoms with Gasteiger partial charge in [-0.1, -0.05) is 41.8 Å². The fraction of sp³-hybridized carbons (Fsp3) is 0.312. The van der Waals surface area contributed by atoms with Crippen LogP contribution >= 0.6 is 34.5 Å². The predicted octanol–water partition coefficient (Wildman–Crippen LogP) is 4.24. The molecule has 134 valence electrons. The van der Waals surface area contributed by atoms with E-state index < -0.39 is 16.1 Å². The van der Waals surface area contributed by atoms with E-state index in [9.17, 15) is 13.2 Å². The van der Waals surface area contributed by atoms with Crippen LogP contribution in [0.5, 0.6) is 0 Å². The van der Waals surface area contributed by atoms with Crippen LogP contribution in [0.1, 0.15) is 19.3 Å². The highest BCUT2D eigenvalue weighted by molar-refractivity contribution is 7.91. The van der Waals surface area contributed by atoms with Crippen molar-refractivity contribution in [3.8, 4) is 0 Å². The molecule has 0 bridgehead atoms. The van der Waals surface area contributed by atoms with Gasteiger partial charge in [-0.25, -0.2) is 8.42 Å². The largest absolute Gasteiger partial charge is 0.323 e. The smallest absolute Gasteiger partial charge is 0.253 e. The van der Waals surface area contributed by atoms with Crippen LogP contribution in [-0.2, 0) is 14.8 Å². The van der Waals surface area contributed by atoms with Crippen LogP contribution in [0.15, 0.2) is 40.6 Å². The van der Waals surface area contributed by atoms with Gasteiger partial charge >= 0.3 is 0 Å². The van der Waals surface area contributed by atoms with Gasteiger partial charge in [0.1, 0.15) is 10.3 Å². The van der Waals surface area contributed by atoms with E-state index in [-0.39, 0.29) is 10.1 Å². The monoisotopic (exact) mass is 418 g/mol. The summed E-state index contributed by atoms with van der Waals surface area (Å²) in [7, 11) is -3.76. The Morgan fingerprint density at radius 1 is 1.16 bits per heavy atom. The minimum atomic E-state index is -3.76. The number of rotatable bonds is 4. The Hall–Kier alpha value is -1.12. The average molecular weight is 419 g/mol. The first-order valence-electron chi connectivity index (χ1n) is 7.72. The molecular weight excluding hydrogens is 403 g/mol. The first kappa shape index (κ1) is 18.7. The quantitative estimate of drug-likeness (QED) is 0.806. The molecule has 1 aliphatic rings. The van der Waals surface area contributed by atoms with Crippen molar-refractivity contribution in [2.24, 2.45) is 0 Å². The van der Waals surface area contributed by atoms with E-state index in [0.29, 0.717) is 34.4 Å². The number of nitrogens with one attached hydrogen (secondary N) is 1.